The highest BCUT2D eigenvalue weighted by molar-refractivity contribution is 6.39. The largest absolute Gasteiger partial charge is 0.504 e. The predicted molar refractivity (Wildman–Crippen MR) is 104 cm³/mol. The molecule has 0 aromatic heterocycles. The first kappa shape index (κ1) is 19.2. The number of anilines is 1. The van der Waals surface area contributed by atoms with Crippen molar-refractivity contribution in [1.82, 2.24) is 5.32 Å². The molecule has 7 nitrogen and oxygen atoms in total. The molecule has 3 rings (SSSR count). The van der Waals surface area contributed by atoms with Crippen LogP contribution in [0.25, 0.3) is 6.08 Å². The Kier molecular flexibility index (Phi) is 4.92. The fourth-order valence-corrected chi connectivity index (χ4v) is 3.34. The Morgan fingerprint density at radius 2 is 1.68 bits per heavy atom. The summed E-state index contributed by atoms with van der Waals surface area (Å²) in [6.07, 6.45) is 1.36. The Morgan fingerprint density at radius 3 is 2.29 bits per heavy atom. The van der Waals surface area contributed by atoms with E-state index < -0.39 is 17.8 Å². The van der Waals surface area contributed by atoms with E-state index in [0.29, 0.717) is 11.3 Å². The number of barbiturate groups is 1. The van der Waals surface area contributed by atoms with Crippen molar-refractivity contribution in [2.24, 2.45) is 0 Å². The third kappa shape index (κ3) is 3.34. The van der Waals surface area contributed by atoms with E-state index in [2.05, 4.69) is 5.32 Å². The van der Waals surface area contributed by atoms with Crippen molar-refractivity contribution in [3.8, 4) is 11.5 Å². The van der Waals surface area contributed by atoms with Crippen LogP contribution in [0.3, 0.4) is 0 Å². The van der Waals surface area contributed by atoms with Gasteiger partial charge < -0.3 is 9.84 Å². The summed E-state index contributed by atoms with van der Waals surface area (Å²) in [4.78, 5) is 38.8. The van der Waals surface area contributed by atoms with E-state index in [-0.39, 0.29) is 17.1 Å². The maximum Gasteiger partial charge on any atom is 0.335 e. The van der Waals surface area contributed by atoms with Crippen molar-refractivity contribution in [3.05, 3.63) is 58.2 Å². The van der Waals surface area contributed by atoms with Gasteiger partial charge in [-0.3, -0.25) is 14.9 Å². The van der Waals surface area contributed by atoms with Crippen LogP contribution in [0.1, 0.15) is 22.3 Å². The minimum absolute atomic E-state index is 0.0632. The maximum atomic E-state index is 13.1. The highest BCUT2D eigenvalue weighted by Gasteiger charge is 2.38. The SMILES string of the molecule is COc1cc(/C=C2\C(=O)NC(=O)N(c3c(C)cc(C)cc3C)C2=O)ccc1O. The monoisotopic (exact) mass is 380 g/mol. The number of ether oxygens (including phenoxy) is 1. The van der Waals surface area contributed by atoms with Crippen LogP contribution in [0.4, 0.5) is 10.5 Å². The first-order valence-corrected chi connectivity index (χ1v) is 8.59. The van der Waals surface area contributed by atoms with Crippen molar-refractivity contribution in [3.63, 3.8) is 0 Å². The molecule has 0 unspecified atom stereocenters. The number of aromatic hydroxyl groups is 1. The molecule has 0 saturated carbocycles. The van der Waals surface area contributed by atoms with E-state index >= 15 is 0 Å². The summed E-state index contributed by atoms with van der Waals surface area (Å²) >= 11 is 0. The Bertz CT molecular complexity index is 1020. The summed E-state index contributed by atoms with van der Waals surface area (Å²) in [5, 5.41) is 11.9. The lowest BCUT2D eigenvalue weighted by Gasteiger charge is -2.29. The zero-order valence-electron chi connectivity index (χ0n) is 16.0. The number of nitrogens with one attached hydrogen (secondary N) is 1. The number of hydrogen-bond acceptors (Lipinski definition) is 5. The van der Waals surface area contributed by atoms with Gasteiger partial charge in [-0.25, -0.2) is 9.69 Å². The number of methoxy groups -OCH3 is 1. The van der Waals surface area contributed by atoms with Gasteiger partial charge in [0.1, 0.15) is 5.57 Å². The van der Waals surface area contributed by atoms with Crippen molar-refractivity contribution >= 4 is 29.6 Å². The van der Waals surface area contributed by atoms with Crippen LogP contribution < -0.4 is 15.0 Å². The molecule has 4 amide bonds. The Labute approximate surface area is 162 Å². The number of imide groups is 2. The van der Waals surface area contributed by atoms with Crippen LogP contribution in [-0.4, -0.2) is 30.1 Å². The molecule has 1 heterocycles. The number of aryl methyl sites for hydroxylation is 3. The summed E-state index contributed by atoms with van der Waals surface area (Å²) in [5.41, 5.74) is 3.25. The molecule has 2 N–H and O–H groups in total. The van der Waals surface area contributed by atoms with Gasteiger partial charge in [-0.1, -0.05) is 23.8 Å². The van der Waals surface area contributed by atoms with Crippen molar-refractivity contribution < 1.29 is 24.2 Å². The predicted octanol–water partition coefficient (Wildman–Crippen LogP) is 2.99. The molecular weight excluding hydrogens is 360 g/mol. The number of phenolic OH excluding ortho intramolecular Hbond substituents is 1. The van der Waals surface area contributed by atoms with Gasteiger partial charge in [0.05, 0.1) is 12.8 Å². The number of urea groups is 1. The molecular formula is C21H20N2O5. The smallest absolute Gasteiger partial charge is 0.335 e. The molecule has 2 aromatic rings. The van der Waals surface area contributed by atoms with Gasteiger partial charge in [0, 0.05) is 0 Å². The lowest BCUT2D eigenvalue weighted by Crippen LogP contribution is -2.54. The second-order valence-electron chi connectivity index (χ2n) is 6.64. The molecule has 0 aliphatic carbocycles. The van der Waals surface area contributed by atoms with Gasteiger partial charge in [0.25, 0.3) is 11.8 Å². The molecule has 7 heteroatoms. The molecule has 1 aliphatic rings. The average molecular weight is 380 g/mol. The molecule has 0 spiro atoms. The lowest BCUT2D eigenvalue weighted by atomic mass is 10.0. The summed E-state index contributed by atoms with van der Waals surface area (Å²) < 4.78 is 5.05. The van der Waals surface area contributed by atoms with E-state index in [9.17, 15) is 19.5 Å². The van der Waals surface area contributed by atoms with Crippen LogP contribution in [0.5, 0.6) is 11.5 Å². The number of amides is 4. The minimum atomic E-state index is -0.787. The summed E-state index contributed by atoms with van der Waals surface area (Å²) in [5.74, 6) is -1.35. The third-order valence-corrected chi connectivity index (χ3v) is 4.48. The summed E-state index contributed by atoms with van der Waals surface area (Å²) in [7, 11) is 1.40. The third-order valence-electron chi connectivity index (χ3n) is 4.48. The Hall–Kier alpha value is -3.61. The Balaban J connectivity index is 2.09. The Morgan fingerprint density at radius 1 is 1.04 bits per heavy atom. The number of phenols is 1. The topological polar surface area (TPSA) is 95.9 Å². The highest BCUT2D eigenvalue weighted by Crippen LogP contribution is 2.31. The highest BCUT2D eigenvalue weighted by atomic mass is 16.5. The zero-order valence-corrected chi connectivity index (χ0v) is 16.0. The standard InChI is InChI=1S/C21H20N2O5/c1-11-7-12(2)18(13(3)8-11)23-20(26)15(19(25)22-21(23)27)9-14-5-6-16(24)17(10-14)28-4/h5-10,24H,1-4H3,(H,22,25,27)/b15-9+. The van der Waals surface area contributed by atoms with Crippen LogP contribution in [0, 0.1) is 20.8 Å². The first-order valence-electron chi connectivity index (χ1n) is 8.59. The van der Waals surface area contributed by atoms with Gasteiger partial charge >= 0.3 is 6.03 Å². The van der Waals surface area contributed by atoms with Crippen LogP contribution >= 0.6 is 0 Å². The second-order valence-corrected chi connectivity index (χ2v) is 6.64. The maximum absolute atomic E-state index is 13.1. The van der Waals surface area contributed by atoms with Crippen LogP contribution in [0.2, 0.25) is 0 Å². The van der Waals surface area contributed by atoms with Crippen molar-refractivity contribution in [2.45, 2.75) is 20.8 Å². The molecule has 1 aliphatic heterocycles. The van der Waals surface area contributed by atoms with E-state index in [0.717, 1.165) is 21.6 Å². The van der Waals surface area contributed by atoms with E-state index in [1.807, 2.05) is 19.1 Å². The molecule has 0 bridgehead atoms. The average Bonchev–Trinajstić information content (AvgIpc) is 2.61. The lowest BCUT2D eigenvalue weighted by molar-refractivity contribution is -0.122. The fraction of sp³-hybridized carbons (Fsp3) is 0.190. The van der Waals surface area contributed by atoms with Gasteiger partial charge in [0.15, 0.2) is 11.5 Å². The number of carbonyl (C=O) groups is 3. The first-order chi connectivity index (χ1) is 13.2. The normalized spacial score (nSPS) is 15.8. The number of nitrogens with zero attached hydrogens (tertiary/aromatic N) is 1. The van der Waals surface area contributed by atoms with Gasteiger partial charge in [-0.2, -0.15) is 0 Å². The number of benzene rings is 2. The molecule has 2 aromatic carbocycles. The van der Waals surface area contributed by atoms with E-state index in [1.54, 1.807) is 13.8 Å². The molecule has 0 atom stereocenters. The van der Waals surface area contributed by atoms with E-state index in [1.165, 1.54) is 31.4 Å². The number of rotatable bonds is 3. The van der Waals surface area contributed by atoms with E-state index in [4.69, 9.17) is 4.74 Å². The minimum Gasteiger partial charge on any atom is -0.504 e. The summed E-state index contributed by atoms with van der Waals surface area (Å²) in [6, 6.07) is 7.38. The molecule has 144 valence electrons. The van der Waals surface area contributed by atoms with Crippen molar-refractivity contribution in [1.29, 1.82) is 0 Å². The number of hydrogen-bond donors (Lipinski definition) is 2. The quantitative estimate of drug-likeness (QED) is 0.630. The van der Waals surface area contributed by atoms with Gasteiger partial charge in [-0.05, 0) is 55.7 Å². The second kappa shape index (κ2) is 7.19. The zero-order chi connectivity index (χ0) is 20.6. The van der Waals surface area contributed by atoms with Crippen LogP contribution in [-0.2, 0) is 9.59 Å². The van der Waals surface area contributed by atoms with Gasteiger partial charge in [-0.15, -0.1) is 0 Å². The van der Waals surface area contributed by atoms with Crippen molar-refractivity contribution in [2.75, 3.05) is 12.0 Å². The number of carbonyl (C=O) groups excluding carboxylic acids is 3. The molecule has 28 heavy (non-hydrogen) atoms. The van der Waals surface area contributed by atoms with Gasteiger partial charge in [0.2, 0.25) is 0 Å². The fourth-order valence-electron chi connectivity index (χ4n) is 3.34. The summed E-state index contributed by atoms with van der Waals surface area (Å²) in [6.45, 7) is 5.54. The molecule has 1 fully saturated rings. The molecule has 1 saturated heterocycles. The van der Waals surface area contributed by atoms with Crippen LogP contribution in [0.15, 0.2) is 35.9 Å². The molecule has 0 radical (unpaired) electrons.